The second kappa shape index (κ2) is 4.89. The summed E-state index contributed by atoms with van der Waals surface area (Å²) in [6.07, 6.45) is 1.86. The number of aryl methyl sites for hydroxylation is 1. The number of hydrogen-bond acceptors (Lipinski definition) is 4. The molecule has 0 bridgehead atoms. The number of benzene rings is 1. The Labute approximate surface area is 113 Å². The molecule has 1 aromatic heterocycles. The summed E-state index contributed by atoms with van der Waals surface area (Å²) >= 11 is 1.42. The lowest BCUT2D eigenvalue weighted by Crippen LogP contribution is -2.16. The second-order valence-corrected chi connectivity index (χ2v) is 4.94. The molecule has 0 fully saturated rings. The number of ether oxygens (including phenoxy) is 2. The summed E-state index contributed by atoms with van der Waals surface area (Å²) in [7, 11) is 1.85. The fourth-order valence-corrected chi connectivity index (χ4v) is 2.49. The van der Waals surface area contributed by atoms with Gasteiger partial charge in [-0.05, 0) is 18.2 Å². The molecule has 0 unspecified atom stereocenters. The SMILES string of the molecule is Cn1ccsc1=NC(=O)c1ccc2c(c1)OCCO2. The fourth-order valence-electron chi connectivity index (χ4n) is 1.76. The van der Waals surface area contributed by atoms with Crippen molar-refractivity contribution in [3.05, 3.63) is 40.1 Å². The van der Waals surface area contributed by atoms with E-state index < -0.39 is 0 Å². The van der Waals surface area contributed by atoms with Crippen LogP contribution in [-0.4, -0.2) is 23.7 Å². The van der Waals surface area contributed by atoms with E-state index in [0.717, 1.165) is 0 Å². The predicted octanol–water partition coefficient (Wildman–Crippen LogP) is 1.60. The molecule has 0 saturated carbocycles. The third-order valence-electron chi connectivity index (χ3n) is 2.75. The summed E-state index contributed by atoms with van der Waals surface area (Å²) in [6.45, 7) is 1.04. The molecule has 0 radical (unpaired) electrons. The topological polar surface area (TPSA) is 52.8 Å². The predicted molar refractivity (Wildman–Crippen MR) is 70.6 cm³/mol. The maximum Gasteiger partial charge on any atom is 0.279 e. The van der Waals surface area contributed by atoms with Gasteiger partial charge < -0.3 is 14.0 Å². The van der Waals surface area contributed by atoms with E-state index in [1.54, 1.807) is 22.8 Å². The van der Waals surface area contributed by atoms with Gasteiger partial charge in [0.25, 0.3) is 5.91 Å². The minimum absolute atomic E-state index is 0.282. The zero-order valence-corrected chi connectivity index (χ0v) is 11.1. The number of carbonyl (C=O) groups excluding carboxylic acids is 1. The summed E-state index contributed by atoms with van der Waals surface area (Å²) in [5, 5.41) is 1.88. The van der Waals surface area contributed by atoms with Gasteiger partial charge in [-0.1, -0.05) is 0 Å². The molecular weight excluding hydrogens is 264 g/mol. The maximum atomic E-state index is 12.1. The number of carbonyl (C=O) groups is 1. The monoisotopic (exact) mass is 276 g/mol. The van der Waals surface area contributed by atoms with Gasteiger partial charge >= 0.3 is 0 Å². The molecule has 98 valence electrons. The molecule has 0 spiro atoms. The molecule has 2 aromatic rings. The standard InChI is InChI=1S/C13H12N2O3S/c1-15-4-7-19-13(15)14-12(16)9-2-3-10-11(8-9)18-6-5-17-10/h2-4,7-8H,5-6H2,1H3. The molecule has 1 amide bonds. The van der Waals surface area contributed by atoms with Crippen LogP contribution in [0.25, 0.3) is 0 Å². The Kier molecular flexibility index (Phi) is 3.08. The Morgan fingerprint density at radius 3 is 2.84 bits per heavy atom. The molecule has 1 aromatic carbocycles. The summed E-state index contributed by atoms with van der Waals surface area (Å²) in [5.74, 6) is 0.988. The zero-order chi connectivity index (χ0) is 13.2. The Morgan fingerprint density at radius 1 is 1.32 bits per heavy atom. The van der Waals surface area contributed by atoms with Gasteiger partial charge in [0.15, 0.2) is 16.3 Å². The highest BCUT2D eigenvalue weighted by atomic mass is 32.1. The van der Waals surface area contributed by atoms with Crippen molar-refractivity contribution in [2.45, 2.75) is 0 Å². The summed E-state index contributed by atoms with van der Waals surface area (Å²) < 4.78 is 12.7. The van der Waals surface area contributed by atoms with Crippen LogP contribution in [0.3, 0.4) is 0 Å². The third kappa shape index (κ3) is 2.39. The number of hydrogen-bond donors (Lipinski definition) is 0. The van der Waals surface area contributed by atoms with Gasteiger partial charge in [-0.15, -0.1) is 11.3 Å². The molecule has 1 aliphatic heterocycles. The number of amides is 1. The first-order chi connectivity index (χ1) is 9.24. The molecule has 19 heavy (non-hydrogen) atoms. The fraction of sp³-hybridized carbons (Fsp3) is 0.231. The van der Waals surface area contributed by atoms with Crippen molar-refractivity contribution < 1.29 is 14.3 Å². The molecule has 5 nitrogen and oxygen atoms in total. The molecule has 0 aliphatic carbocycles. The molecule has 1 aliphatic rings. The van der Waals surface area contributed by atoms with E-state index in [0.29, 0.717) is 35.1 Å². The van der Waals surface area contributed by atoms with Gasteiger partial charge in [0.1, 0.15) is 13.2 Å². The van der Waals surface area contributed by atoms with Gasteiger partial charge in [-0.3, -0.25) is 4.79 Å². The highest BCUT2D eigenvalue weighted by Gasteiger charge is 2.14. The van der Waals surface area contributed by atoms with Crippen LogP contribution in [0.15, 0.2) is 34.8 Å². The minimum Gasteiger partial charge on any atom is -0.486 e. The van der Waals surface area contributed by atoms with Crippen LogP contribution < -0.4 is 14.3 Å². The van der Waals surface area contributed by atoms with Gasteiger partial charge in [-0.2, -0.15) is 4.99 Å². The number of fused-ring (bicyclic) bond motifs is 1. The van der Waals surface area contributed by atoms with Crippen LogP contribution in [0.5, 0.6) is 11.5 Å². The normalized spacial score (nSPS) is 14.5. The van der Waals surface area contributed by atoms with Crippen LogP contribution >= 0.6 is 11.3 Å². The first kappa shape index (κ1) is 12.0. The molecule has 0 atom stereocenters. The van der Waals surface area contributed by atoms with Gasteiger partial charge in [-0.25, -0.2) is 0 Å². The van der Waals surface area contributed by atoms with Crippen LogP contribution in [0.4, 0.5) is 0 Å². The van der Waals surface area contributed by atoms with Crippen molar-refractivity contribution in [2.24, 2.45) is 12.0 Å². The van der Waals surface area contributed by atoms with E-state index in [9.17, 15) is 4.79 Å². The number of thiazole rings is 1. The number of aromatic nitrogens is 1. The molecule has 3 rings (SSSR count). The van der Waals surface area contributed by atoms with E-state index in [4.69, 9.17) is 9.47 Å². The lowest BCUT2D eigenvalue weighted by atomic mass is 10.2. The summed E-state index contributed by atoms with van der Waals surface area (Å²) in [5.41, 5.74) is 0.498. The average molecular weight is 276 g/mol. The molecule has 0 N–H and O–H groups in total. The molecule has 6 heteroatoms. The number of rotatable bonds is 1. The molecule has 2 heterocycles. The van der Waals surface area contributed by atoms with Gasteiger partial charge in [0.05, 0.1) is 0 Å². The zero-order valence-electron chi connectivity index (χ0n) is 10.3. The van der Waals surface area contributed by atoms with Crippen molar-refractivity contribution in [1.82, 2.24) is 4.57 Å². The number of nitrogens with zero attached hydrogens (tertiary/aromatic N) is 2. The lowest BCUT2D eigenvalue weighted by molar-refractivity contribution is 0.0996. The molecule has 0 saturated heterocycles. The van der Waals surface area contributed by atoms with E-state index >= 15 is 0 Å². The van der Waals surface area contributed by atoms with Crippen molar-refractivity contribution in [2.75, 3.05) is 13.2 Å². The first-order valence-electron chi connectivity index (χ1n) is 5.83. The maximum absolute atomic E-state index is 12.1. The Morgan fingerprint density at radius 2 is 2.11 bits per heavy atom. The smallest absolute Gasteiger partial charge is 0.279 e. The van der Waals surface area contributed by atoms with Crippen LogP contribution in [0.2, 0.25) is 0 Å². The van der Waals surface area contributed by atoms with Crippen molar-refractivity contribution >= 4 is 17.2 Å². The summed E-state index contributed by atoms with van der Waals surface area (Å²) in [6, 6.07) is 5.12. The third-order valence-corrected chi connectivity index (χ3v) is 3.59. The minimum atomic E-state index is -0.282. The van der Waals surface area contributed by atoms with Gasteiger partial charge in [0.2, 0.25) is 0 Å². The Balaban J connectivity index is 1.95. The van der Waals surface area contributed by atoms with Crippen molar-refractivity contribution in [3.8, 4) is 11.5 Å². The second-order valence-electron chi connectivity index (χ2n) is 4.07. The van der Waals surface area contributed by atoms with E-state index in [1.165, 1.54) is 11.3 Å². The van der Waals surface area contributed by atoms with E-state index in [1.807, 2.05) is 18.6 Å². The van der Waals surface area contributed by atoms with Gasteiger partial charge in [0, 0.05) is 24.2 Å². The average Bonchev–Trinajstić information content (AvgIpc) is 2.84. The van der Waals surface area contributed by atoms with Crippen LogP contribution in [0, 0.1) is 0 Å². The van der Waals surface area contributed by atoms with Crippen LogP contribution in [0.1, 0.15) is 10.4 Å². The molecular formula is C13H12N2O3S. The first-order valence-corrected chi connectivity index (χ1v) is 6.71. The van der Waals surface area contributed by atoms with Crippen LogP contribution in [-0.2, 0) is 7.05 Å². The highest BCUT2D eigenvalue weighted by Crippen LogP contribution is 2.30. The van der Waals surface area contributed by atoms with E-state index in [2.05, 4.69) is 4.99 Å². The summed E-state index contributed by atoms with van der Waals surface area (Å²) in [4.78, 5) is 16.8. The van der Waals surface area contributed by atoms with Crippen molar-refractivity contribution in [3.63, 3.8) is 0 Å². The largest absolute Gasteiger partial charge is 0.486 e. The van der Waals surface area contributed by atoms with Crippen molar-refractivity contribution in [1.29, 1.82) is 0 Å². The quantitative estimate of drug-likeness (QED) is 0.795. The Hall–Kier alpha value is -2.08. The van der Waals surface area contributed by atoms with E-state index in [-0.39, 0.29) is 5.91 Å². The Bertz CT molecular complexity index is 687. The highest BCUT2D eigenvalue weighted by molar-refractivity contribution is 7.07. The lowest BCUT2D eigenvalue weighted by Gasteiger charge is -2.18.